The third kappa shape index (κ3) is 4.09. The zero-order valence-corrected chi connectivity index (χ0v) is 16.8. The Bertz CT molecular complexity index is 934. The molecule has 0 aliphatic carbocycles. The molecule has 0 spiro atoms. The van der Waals surface area contributed by atoms with Crippen LogP contribution in [0.3, 0.4) is 0 Å². The third-order valence-corrected chi connectivity index (χ3v) is 6.09. The number of fused-ring (bicyclic) bond motifs is 1. The topological polar surface area (TPSA) is 58.9 Å². The predicted molar refractivity (Wildman–Crippen MR) is 114 cm³/mol. The average molecular weight is 389 g/mol. The molecule has 1 atom stereocenters. The Labute approximate surface area is 172 Å². The van der Waals surface area contributed by atoms with Crippen molar-refractivity contribution in [3.8, 4) is 11.3 Å². The van der Waals surface area contributed by atoms with Crippen LogP contribution in [-0.4, -0.2) is 50.8 Å². The smallest absolute Gasteiger partial charge is 0.137 e. The van der Waals surface area contributed by atoms with Crippen molar-refractivity contribution in [3.63, 3.8) is 0 Å². The van der Waals surface area contributed by atoms with Gasteiger partial charge in [-0.1, -0.05) is 30.3 Å². The van der Waals surface area contributed by atoms with Gasteiger partial charge < -0.3 is 9.88 Å². The maximum Gasteiger partial charge on any atom is 0.137 e. The fourth-order valence-electron chi connectivity index (χ4n) is 4.58. The van der Waals surface area contributed by atoms with E-state index in [0.29, 0.717) is 5.92 Å². The maximum atomic E-state index is 4.60. The van der Waals surface area contributed by atoms with E-state index < -0.39 is 0 Å². The molecule has 3 aromatic rings. The summed E-state index contributed by atoms with van der Waals surface area (Å²) in [5, 5.41) is 12.6. The highest BCUT2D eigenvalue weighted by molar-refractivity contribution is 5.58. The lowest BCUT2D eigenvalue weighted by Crippen LogP contribution is -2.35. The van der Waals surface area contributed by atoms with E-state index in [2.05, 4.69) is 60.3 Å². The van der Waals surface area contributed by atoms with E-state index in [1.807, 2.05) is 18.3 Å². The summed E-state index contributed by atoms with van der Waals surface area (Å²) < 4.78 is 2.37. The van der Waals surface area contributed by atoms with Gasteiger partial charge in [0.25, 0.3) is 0 Å². The van der Waals surface area contributed by atoms with Crippen molar-refractivity contribution in [2.45, 2.75) is 38.3 Å². The number of nitrogens with one attached hydrogen (secondary N) is 1. The number of hydrogen-bond acceptors (Lipinski definition) is 5. The van der Waals surface area contributed by atoms with Crippen LogP contribution in [0.1, 0.15) is 36.0 Å². The lowest BCUT2D eigenvalue weighted by molar-refractivity contribution is 0.194. The molecule has 0 radical (unpaired) electrons. The second kappa shape index (κ2) is 8.43. The highest BCUT2D eigenvalue weighted by Gasteiger charge is 2.27. The minimum Gasteiger partial charge on any atom is -0.315 e. The molecular formula is C23H28N6. The highest BCUT2D eigenvalue weighted by Crippen LogP contribution is 2.28. The molecule has 4 heterocycles. The number of nitrogens with zero attached hydrogens (tertiary/aromatic N) is 5. The number of pyridine rings is 1. The summed E-state index contributed by atoms with van der Waals surface area (Å²) in [6.45, 7) is 6.21. The second-order valence-corrected chi connectivity index (χ2v) is 8.11. The lowest BCUT2D eigenvalue weighted by atomic mass is 9.96. The summed E-state index contributed by atoms with van der Waals surface area (Å²) >= 11 is 0. The molecule has 150 valence electrons. The number of hydrogen-bond donors (Lipinski definition) is 1. The van der Waals surface area contributed by atoms with E-state index in [4.69, 9.17) is 0 Å². The van der Waals surface area contributed by atoms with Gasteiger partial charge in [-0.25, -0.2) is 0 Å². The summed E-state index contributed by atoms with van der Waals surface area (Å²) in [5.74, 6) is 2.82. The van der Waals surface area contributed by atoms with Gasteiger partial charge in [0.15, 0.2) is 0 Å². The first kappa shape index (κ1) is 18.5. The van der Waals surface area contributed by atoms with Crippen molar-refractivity contribution < 1.29 is 0 Å². The lowest BCUT2D eigenvalue weighted by Gasteiger charge is -2.32. The van der Waals surface area contributed by atoms with E-state index in [1.165, 1.54) is 29.8 Å². The Morgan fingerprint density at radius 2 is 1.93 bits per heavy atom. The standard InChI is InChI=1S/C23H28N6/c1-2-11-25-21(5-1)19-8-6-18(7-9-19)16-28-14-3-4-20(17-28)23-27-26-22-10-12-24-13-15-29(22)23/h1-2,5-9,11,20,24H,3-4,10,12-17H2/t20-/m1/s1. The maximum absolute atomic E-state index is 4.60. The van der Waals surface area contributed by atoms with E-state index in [9.17, 15) is 0 Å². The van der Waals surface area contributed by atoms with E-state index >= 15 is 0 Å². The molecule has 1 fully saturated rings. The molecule has 0 saturated carbocycles. The van der Waals surface area contributed by atoms with E-state index in [1.54, 1.807) is 0 Å². The number of piperidine rings is 1. The van der Waals surface area contributed by atoms with Crippen LogP contribution < -0.4 is 5.32 Å². The summed E-state index contributed by atoms with van der Waals surface area (Å²) in [5.41, 5.74) is 3.55. The van der Waals surface area contributed by atoms with Crippen LogP contribution in [0, 0.1) is 0 Å². The zero-order valence-electron chi connectivity index (χ0n) is 16.8. The van der Waals surface area contributed by atoms with Crippen molar-refractivity contribution in [2.24, 2.45) is 0 Å². The molecule has 29 heavy (non-hydrogen) atoms. The molecule has 6 nitrogen and oxygen atoms in total. The fourth-order valence-corrected chi connectivity index (χ4v) is 4.58. The van der Waals surface area contributed by atoms with Crippen LogP contribution in [-0.2, 0) is 19.5 Å². The minimum absolute atomic E-state index is 0.482. The van der Waals surface area contributed by atoms with Gasteiger partial charge in [0.1, 0.15) is 11.6 Å². The fraction of sp³-hybridized carbons (Fsp3) is 0.435. The Morgan fingerprint density at radius 1 is 1.00 bits per heavy atom. The molecular weight excluding hydrogens is 360 g/mol. The van der Waals surface area contributed by atoms with Crippen LogP contribution in [0.25, 0.3) is 11.3 Å². The molecule has 6 heteroatoms. The number of likely N-dealkylation sites (tertiary alicyclic amines) is 1. The summed E-state index contributed by atoms with van der Waals surface area (Å²) in [6, 6.07) is 14.9. The Hall–Kier alpha value is -2.57. The Morgan fingerprint density at radius 3 is 2.79 bits per heavy atom. The first-order chi connectivity index (χ1) is 14.4. The van der Waals surface area contributed by atoms with Crippen LogP contribution in [0.15, 0.2) is 48.7 Å². The number of rotatable bonds is 4. The monoisotopic (exact) mass is 388 g/mol. The second-order valence-electron chi connectivity index (χ2n) is 8.11. The molecule has 5 rings (SSSR count). The Kier molecular flexibility index (Phi) is 5.37. The first-order valence-corrected chi connectivity index (χ1v) is 10.7. The van der Waals surface area contributed by atoms with Crippen molar-refractivity contribution >= 4 is 0 Å². The van der Waals surface area contributed by atoms with Crippen molar-refractivity contribution in [1.29, 1.82) is 0 Å². The SMILES string of the molecule is c1ccc(-c2ccc(CN3CCC[C@@H](c4nnc5n4CCNCC5)C3)cc2)nc1. The molecule has 2 aliphatic heterocycles. The molecule has 1 saturated heterocycles. The molecule has 0 bridgehead atoms. The molecule has 0 amide bonds. The molecule has 1 N–H and O–H groups in total. The zero-order chi connectivity index (χ0) is 19.5. The summed E-state index contributed by atoms with van der Waals surface area (Å²) in [6.07, 6.45) is 5.25. The van der Waals surface area contributed by atoms with Crippen molar-refractivity contribution in [3.05, 3.63) is 65.9 Å². The number of benzene rings is 1. The molecule has 2 aliphatic rings. The van der Waals surface area contributed by atoms with Crippen LogP contribution in [0.5, 0.6) is 0 Å². The van der Waals surface area contributed by atoms with Gasteiger partial charge in [0.2, 0.25) is 0 Å². The van der Waals surface area contributed by atoms with Gasteiger partial charge in [0, 0.05) is 56.8 Å². The quantitative estimate of drug-likeness (QED) is 0.745. The molecule has 1 aromatic carbocycles. The van der Waals surface area contributed by atoms with E-state index in [0.717, 1.165) is 57.2 Å². The number of aromatic nitrogens is 4. The third-order valence-electron chi connectivity index (χ3n) is 6.09. The van der Waals surface area contributed by atoms with Crippen LogP contribution in [0.2, 0.25) is 0 Å². The summed E-state index contributed by atoms with van der Waals surface area (Å²) in [7, 11) is 0. The van der Waals surface area contributed by atoms with Crippen LogP contribution >= 0.6 is 0 Å². The first-order valence-electron chi connectivity index (χ1n) is 10.7. The van der Waals surface area contributed by atoms with E-state index in [-0.39, 0.29) is 0 Å². The normalized spacial score (nSPS) is 20.2. The predicted octanol–water partition coefficient (Wildman–Crippen LogP) is 2.87. The summed E-state index contributed by atoms with van der Waals surface area (Å²) in [4.78, 5) is 7.01. The minimum atomic E-state index is 0.482. The van der Waals surface area contributed by atoms with Gasteiger partial charge in [-0.15, -0.1) is 10.2 Å². The highest BCUT2D eigenvalue weighted by atomic mass is 15.3. The van der Waals surface area contributed by atoms with Crippen molar-refractivity contribution in [1.82, 2.24) is 30.0 Å². The Balaban J connectivity index is 1.26. The largest absolute Gasteiger partial charge is 0.315 e. The van der Waals surface area contributed by atoms with Gasteiger partial charge in [-0.05, 0) is 37.1 Å². The van der Waals surface area contributed by atoms with Gasteiger partial charge in [0.05, 0.1) is 5.69 Å². The van der Waals surface area contributed by atoms with Gasteiger partial charge in [-0.3, -0.25) is 9.88 Å². The van der Waals surface area contributed by atoms with Gasteiger partial charge >= 0.3 is 0 Å². The van der Waals surface area contributed by atoms with Gasteiger partial charge in [-0.2, -0.15) is 0 Å². The van der Waals surface area contributed by atoms with Crippen LogP contribution in [0.4, 0.5) is 0 Å². The molecule has 0 unspecified atom stereocenters. The van der Waals surface area contributed by atoms with Crippen molar-refractivity contribution in [2.75, 3.05) is 26.2 Å². The molecule has 2 aromatic heterocycles. The average Bonchev–Trinajstić information content (AvgIpc) is 3.03.